The van der Waals surface area contributed by atoms with Crippen LogP contribution < -0.4 is 5.32 Å². The van der Waals surface area contributed by atoms with Crippen molar-refractivity contribution in [2.24, 2.45) is 5.92 Å². The number of nitrogens with zero attached hydrogens (tertiary/aromatic N) is 1. The summed E-state index contributed by atoms with van der Waals surface area (Å²) in [6.07, 6.45) is 2.59. The molecule has 5 heteroatoms. The van der Waals surface area contributed by atoms with Crippen LogP contribution in [0.1, 0.15) is 35.7 Å². The fourth-order valence-electron chi connectivity index (χ4n) is 3.22. The van der Waals surface area contributed by atoms with Crippen LogP contribution in [-0.4, -0.2) is 29.8 Å². The number of halogens is 1. The molecule has 1 aliphatic heterocycles. The number of aryl methyl sites for hydroxylation is 1. The van der Waals surface area contributed by atoms with Crippen LogP contribution in [0.2, 0.25) is 5.02 Å². The van der Waals surface area contributed by atoms with Gasteiger partial charge in [-0.3, -0.25) is 9.59 Å². The Bertz CT molecular complexity index is 772. The van der Waals surface area contributed by atoms with Crippen LogP contribution in [0.4, 0.5) is 5.69 Å². The summed E-state index contributed by atoms with van der Waals surface area (Å²) in [5.41, 5.74) is 2.64. The summed E-state index contributed by atoms with van der Waals surface area (Å²) < 4.78 is 0. The third-order valence-corrected chi connectivity index (χ3v) is 5.05. The minimum absolute atomic E-state index is 0.0251. The van der Waals surface area contributed by atoms with E-state index in [1.54, 1.807) is 29.2 Å². The van der Waals surface area contributed by atoms with Gasteiger partial charge in [0.15, 0.2) is 0 Å². The molecule has 136 valence electrons. The summed E-state index contributed by atoms with van der Waals surface area (Å²) in [7, 11) is 0. The summed E-state index contributed by atoms with van der Waals surface area (Å²) in [4.78, 5) is 27.0. The van der Waals surface area contributed by atoms with Crippen LogP contribution in [0.3, 0.4) is 0 Å². The van der Waals surface area contributed by atoms with Crippen molar-refractivity contribution in [3.63, 3.8) is 0 Å². The molecular weight excluding hydrogens is 348 g/mol. The van der Waals surface area contributed by atoms with E-state index in [1.807, 2.05) is 24.3 Å². The highest BCUT2D eigenvalue weighted by Gasteiger charge is 2.29. The number of rotatable bonds is 4. The van der Waals surface area contributed by atoms with Gasteiger partial charge in [0.1, 0.15) is 0 Å². The number of likely N-dealkylation sites (tertiary alicyclic amines) is 1. The SMILES string of the molecule is CCc1ccc(NC(=O)C2CCCN(C(=O)c3ccc(Cl)cc3)C2)cc1. The van der Waals surface area contributed by atoms with Gasteiger partial charge in [-0.15, -0.1) is 0 Å². The van der Waals surface area contributed by atoms with Crippen LogP contribution in [0.15, 0.2) is 48.5 Å². The van der Waals surface area contributed by atoms with E-state index >= 15 is 0 Å². The topological polar surface area (TPSA) is 49.4 Å². The minimum Gasteiger partial charge on any atom is -0.338 e. The van der Waals surface area contributed by atoms with Crippen molar-refractivity contribution in [2.75, 3.05) is 18.4 Å². The number of carbonyl (C=O) groups is 2. The molecule has 2 amide bonds. The van der Waals surface area contributed by atoms with Gasteiger partial charge in [0.2, 0.25) is 5.91 Å². The second kappa shape index (κ2) is 8.37. The molecule has 1 aliphatic rings. The largest absolute Gasteiger partial charge is 0.338 e. The van der Waals surface area contributed by atoms with E-state index in [0.29, 0.717) is 23.7 Å². The molecule has 1 atom stereocenters. The number of carbonyl (C=O) groups excluding carboxylic acids is 2. The lowest BCUT2D eigenvalue weighted by molar-refractivity contribution is -0.121. The van der Waals surface area contributed by atoms with Gasteiger partial charge in [-0.1, -0.05) is 30.7 Å². The highest BCUT2D eigenvalue weighted by atomic mass is 35.5. The van der Waals surface area contributed by atoms with Crippen molar-refractivity contribution in [1.29, 1.82) is 0 Å². The summed E-state index contributed by atoms with van der Waals surface area (Å²) in [6, 6.07) is 14.8. The molecule has 1 saturated heterocycles. The Hall–Kier alpha value is -2.33. The van der Waals surface area contributed by atoms with Gasteiger partial charge in [-0.2, -0.15) is 0 Å². The van der Waals surface area contributed by atoms with Crippen LogP contribution in [0, 0.1) is 5.92 Å². The molecule has 2 aromatic rings. The number of piperidine rings is 1. The molecule has 26 heavy (non-hydrogen) atoms. The van der Waals surface area contributed by atoms with Gasteiger partial charge in [0.05, 0.1) is 5.92 Å². The van der Waals surface area contributed by atoms with Crippen LogP contribution in [-0.2, 0) is 11.2 Å². The van der Waals surface area contributed by atoms with Crippen molar-refractivity contribution in [3.8, 4) is 0 Å². The van der Waals surface area contributed by atoms with E-state index in [4.69, 9.17) is 11.6 Å². The second-order valence-corrected chi connectivity index (χ2v) is 7.07. The zero-order valence-electron chi connectivity index (χ0n) is 14.9. The quantitative estimate of drug-likeness (QED) is 0.867. The first-order valence-corrected chi connectivity index (χ1v) is 9.39. The highest BCUT2D eigenvalue weighted by Crippen LogP contribution is 2.21. The molecular formula is C21H23ClN2O2. The van der Waals surface area contributed by atoms with E-state index in [0.717, 1.165) is 24.9 Å². The van der Waals surface area contributed by atoms with Crippen molar-refractivity contribution >= 4 is 29.1 Å². The van der Waals surface area contributed by atoms with Crippen molar-refractivity contribution < 1.29 is 9.59 Å². The molecule has 0 bridgehead atoms. The van der Waals surface area contributed by atoms with E-state index in [9.17, 15) is 9.59 Å². The maximum atomic E-state index is 12.7. The predicted octanol–water partition coefficient (Wildman–Crippen LogP) is 4.39. The predicted molar refractivity (Wildman–Crippen MR) is 105 cm³/mol. The minimum atomic E-state index is -0.189. The van der Waals surface area contributed by atoms with Crippen molar-refractivity contribution in [2.45, 2.75) is 26.2 Å². The molecule has 1 N–H and O–H groups in total. The lowest BCUT2D eigenvalue weighted by Crippen LogP contribution is -2.43. The average Bonchev–Trinajstić information content (AvgIpc) is 2.68. The smallest absolute Gasteiger partial charge is 0.253 e. The summed E-state index contributed by atoms with van der Waals surface area (Å²) in [6.45, 7) is 3.22. The summed E-state index contributed by atoms with van der Waals surface area (Å²) >= 11 is 5.89. The zero-order valence-corrected chi connectivity index (χ0v) is 15.6. The Balaban J connectivity index is 1.62. The van der Waals surface area contributed by atoms with E-state index < -0.39 is 0 Å². The van der Waals surface area contributed by atoms with E-state index in [1.165, 1.54) is 5.56 Å². The molecule has 0 spiro atoms. The molecule has 2 aromatic carbocycles. The van der Waals surface area contributed by atoms with Gasteiger partial charge in [-0.05, 0) is 61.2 Å². The third kappa shape index (κ3) is 4.44. The number of benzene rings is 2. The third-order valence-electron chi connectivity index (χ3n) is 4.80. The molecule has 1 unspecified atom stereocenters. The molecule has 3 rings (SSSR count). The fraction of sp³-hybridized carbons (Fsp3) is 0.333. The van der Waals surface area contributed by atoms with Crippen LogP contribution in [0.25, 0.3) is 0 Å². The Morgan fingerprint density at radius 3 is 2.46 bits per heavy atom. The van der Waals surface area contributed by atoms with Crippen molar-refractivity contribution in [1.82, 2.24) is 4.90 Å². The van der Waals surface area contributed by atoms with E-state index in [-0.39, 0.29) is 17.7 Å². The molecule has 1 heterocycles. The Kier molecular flexibility index (Phi) is 5.94. The number of hydrogen-bond acceptors (Lipinski definition) is 2. The average molecular weight is 371 g/mol. The monoisotopic (exact) mass is 370 g/mol. The Morgan fingerprint density at radius 2 is 1.81 bits per heavy atom. The van der Waals surface area contributed by atoms with E-state index in [2.05, 4.69) is 12.2 Å². The molecule has 4 nitrogen and oxygen atoms in total. The lowest BCUT2D eigenvalue weighted by Gasteiger charge is -2.32. The molecule has 0 aromatic heterocycles. The molecule has 0 aliphatic carbocycles. The summed E-state index contributed by atoms with van der Waals surface area (Å²) in [5, 5.41) is 3.58. The number of nitrogens with one attached hydrogen (secondary N) is 1. The van der Waals surface area contributed by atoms with Gasteiger partial charge >= 0.3 is 0 Å². The summed E-state index contributed by atoms with van der Waals surface area (Å²) in [5.74, 6) is -0.264. The van der Waals surface area contributed by atoms with Gasteiger partial charge < -0.3 is 10.2 Å². The van der Waals surface area contributed by atoms with Gasteiger partial charge in [0.25, 0.3) is 5.91 Å². The Morgan fingerprint density at radius 1 is 1.12 bits per heavy atom. The molecule has 0 saturated carbocycles. The second-order valence-electron chi connectivity index (χ2n) is 6.64. The first-order chi connectivity index (χ1) is 12.6. The highest BCUT2D eigenvalue weighted by molar-refractivity contribution is 6.30. The first-order valence-electron chi connectivity index (χ1n) is 9.01. The maximum Gasteiger partial charge on any atom is 0.253 e. The fourth-order valence-corrected chi connectivity index (χ4v) is 3.34. The van der Waals surface area contributed by atoms with Crippen LogP contribution in [0.5, 0.6) is 0 Å². The zero-order chi connectivity index (χ0) is 18.5. The first kappa shape index (κ1) is 18.5. The van der Waals surface area contributed by atoms with Crippen LogP contribution >= 0.6 is 11.6 Å². The Labute approximate surface area is 159 Å². The molecule has 0 radical (unpaired) electrons. The lowest BCUT2D eigenvalue weighted by atomic mass is 9.96. The molecule has 1 fully saturated rings. The number of anilines is 1. The normalized spacial score (nSPS) is 17.0. The van der Waals surface area contributed by atoms with Crippen molar-refractivity contribution in [3.05, 3.63) is 64.7 Å². The maximum absolute atomic E-state index is 12.7. The van der Waals surface area contributed by atoms with Gasteiger partial charge in [0, 0.05) is 29.4 Å². The standard InChI is InChI=1S/C21H23ClN2O2/c1-2-15-5-11-19(12-6-15)23-20(25)17-4-3-13-24(14-17)21(26)16-7-9-18(22)10-8-16/h5-12,17H,2-4,13-14H2,1H3,(H,23,25). The number of amides is 2. The number of hydrogen-bond donors (Lipinski definition) is 1. The van der Waals surface area contributed by atoms with Gasteiger partial charge in [-0.25, -0.2) is 0 Å².